The van der Waals surface area contributed by atoms with Crippen molar-refractivity contribution in [2.75, 3.05) is 26.2 Å². The average Bonchev–Trinajstić information content (AvgIpc) is 3.15. The van der Waals surface area contributed by atoms with E-state index in [0.717, 1.165) is 66.1 Å². The Balaban J connectivity index is 2.59. The molecule has 0 radical (unpaired) electrons. The fraction of sp³-hybridized carbons (Fsp3) is 0.696. The third-order valence-electron chi connectivity index (χ3n) is 10.7. The van der Waals surface area contributed by atoms with Gasteiger partial charge in [-0.25, -0.2) is 9.59 Å². The van der Waals surface area contributed by atoms with Gasteiger partial charge in [0.2, 0.25) is 0 Å². The molecule has 2 N–H and O–H groups in total. The van der Waals surface area contributed by atoms with E-state index in [1.807, 2.05) is 59.9 Å². The lowest BCUT2D eigenvalue weighted by molar-refractivity contribution is -0.927. The lowest BCUT2D eigenvalue weighted by Crippen LogP contribution is -2.56. The summed E-state index contributed by atoms with van der Waals surface area (Å²) >= 11 is 3.62. The van der Waals surface area contributed by atoms with Gasteiger partial charge in [0.25, 0.3) is 0 Å². The van der Waals surface area contributed by atoms with Gasteiger partial charge in [0.15, 0.2) is 0 Å². The summed E-state index contributed by atoms with van der Waals surface area (Å²) in [6, 6.07) is 15.2. The van der Waals surface area contributed by atoms with Gasteiger partial charge < -0.3 is 14.7 Å². The summed E-state index contributed by atoms with van der Waals surface area (Å²) in [7, 11) is 0. The van der Waals surface area contributed by atoms with Crippen molar-refractivity contribution in [2.24, 2.45) is 0 Å². The Bertz CT molecular complexity index is 1160. The molecule has 0 amide bonds. The van der Waals surface area contributed by atoms with Crippen LogP contribution in [0, 0.1) is 0 Å². The molecule has 2 aromatic rings. The van der Waals surface area contributed by atoms with Gasteiger partial charge in [0, 0.05) is 9.79 Å². The topological polar surface area (TPSA) is 74.6 Å². The van der Waals surface area contributed by atoms with Crippen LogP contribution in [-0.4, -0.2) is 63.3 Å². The van der Waals surface area contributed by atoms with Crippen molar-refractivity contribution in [3.05, 3.63) is 59.7 Å². The molecule has 2 unspecified atom stereocenters. The summed E-state index contributed by atoms with van der Waals surface area (Å²) in [6.45, 7) is 13.4. The third-order valence-corrected chi connectivity index (χ3v) is 13.4. The molecule has 0 heterocycles. The van der Waals surface area contributed by atoms with Crippen LogP contribution in [0.5, 0.6) is 0 Å². The number of quaternary nitrogens is 1. The smallest absolute Gasteiger partial charge is 0.336 e. The lowest BCUT2D eigenvalue weighted by Gasteiger charge is -2.44. The van der Waals surface area contributed by atoms with Crippen LogP contribution in [0.1, 0.15) is 190 Å². The zero-order chi connectivity index (χ0) is 38.6. The monoisotopic (exact) mass is 771 g/mol. The summed E-state index contributed by atoms with van der Waals surface area (Å²) in [6.07, 6.45) is 27.0. The van der Waals surface area contributed by atoms with Crippen molar-refractivity contribution in [2.45, 2.75) is 189 Å². The van der Waals surface area contributed by atoms with Gasteiger partial charge in [-0.15, -0.1) is 23.5 Å². The van der Waals surface area contributed by atoms with Crippen molar-refractivity contribution >= 4 is 35.5 Å². The third kappa shape index (κ3) is 20.0. The van der Waals surface area contributed by atoms with Gasteiger partial charge in [-0.1, -0.05) is 155 Å². The number of rotatable bonds is 34. The molecule has 0 fully saturated rings. The van der Waals surface area contributed by atoms with Crippen molar-refractivity contribution in [3.8, 4) is 0 Å². The highest BCUT2D eigenvalue weighted by Crippen LogP contribution is 2.36. The Morgan fingerprint density at radius 3 is 1.17 bits per heavy atom. The quantitative estimate of drug-likeness (QED) is 0.0419. The fourth-order valence-electron chi connectivity index (χ4n) is 7.69. The number of hydrogen-bond donors (Lipinski definition) is 2. The zero-order valence-electron chi connectivity index (χ0n) is 34.1. The molecule has 300 valence electrons. The first-order chi connectivity index (χ1) is 25.8. The molecule has 5 nitrogen and oxygen atoms in total. The normalized spacial score (nSPS) is 12.9. The minimum absolute atomic E-state index is 0.310. The number of benzene rings is 2. The first-order valence-corrected chi connectivity index (χ1v) is 23.4. The number of thioether (sulfide) groups is 2. The molecule has 0 saturated heterocycles. The number of hydrogen-bond acceptors (Lipinski definition) is 4. The van der Waals surface area contributed by atoms with E-state index >= 15 is 0 Å². The van der Waals surface area contributed by atoms with Crippen molar-refractivity contribution in [1.82, 2.24) is 0 Å². The van der Waals surface area contributed by atoms with Gasteiger partial charge in [-0.05, 0) is 62.8 Å². The van der Waals surface area contributed by atoms with Crippen LogP contribution in [0.25, 0.3) is 0 Å². The van der Waals surface area contributed by atoms with Crippen molar-refractivity contribution in [1.29, 1.82) is 0 Å². The Kier molecular flexibility index (Phi) is 26.1. The predicted molar refractivity (Wildman–Crippen MR) is 230 cm³/mol. The first-order valence-electron chi connectivity index (χ1n) is 21.6. The molecule has 2 atom stereocenters. The van der Waals surface area contributed by atoms with E-state index in [1.54, 1.807) is 12.1 Å². The number of nitrogens with zero attached hydrogens (tertiary/aromatic N) is 1. The SMILES string of the molecule is CCCCCCCC[N+](CCCCCCCC)(CC(CCCCCC)Sc1ccccc1C(=O)O)CC(CCCCCC)Sc1ccccc1C(=O)O. The van der Waals surface area contributed by atoms with Gasteiger partial charge in [0.05, 0.1) is 47.8 Å². The summed E-state index contributed by atoms with van der Waals surface area (Å²) in [5.41, 5.74) is 0.825. The lowest BCUT2D eigenvalue weighted by atomic mass is 10.0. The predicted octanol–water partition coefficient (Wildman–Crippen LogP) is 14.2. The van der Waals surface area contributed by atoms with E-state index < -0.39 is 11.9 Å². The van der Waals surface area contributed by atoms with Gasteiger partial charge >= 0.3 is 11.9 Å². The van der Waals surface area contributed by atoms with E-state index in [1.165, 1.54) is 116 Å². The maximum atomic E-state index is 12.4. The maximum Gasteiger partial charge on any atom is 0.336 e. The van der Waals surface area contributed by atoms with Gasteiger partial charge in [-0.3, -0.25) is 0 Å². The highest BCUT2D eigenvalue weighted by molar-refractivity contribution is 8.00. The van der Waals surface area contributed by atoms with Gasteiger partial charge in [-0.2, -0.15) is 0 Å². The van der Waals surface area contributed by atoms with Crippen LogP contribution < -0.4 is 0 Å². The van der Waals surface area contributed by atoms with Crippen LogP contribution in [0.2, 0.25) is 0 Å². The Morgan fingerprint density at radius 1 is 0.491 bits per heavy atom. The van der Waals surface area contributed by atoms with Gasteiger partial charge in [0.1, 0.15) is 0 Å². The largest absolute Gasteiger partial charge is 0.478 e. The molecule has 53 heavy (non-hydrogen) atoms. The standard InChI is InChI=1S/C46H75NO4S2/c1-5-9-13-17-19-27-35-47(36-28-20-18-14-10-6-2,37-39(29-21-15-11-7-3)52-43-33-25-23-31-41(43)45(48)49)38-40(30-22-16-12-8-4)53-44-34-26-24-32-42(44)46(50)51/h23-26,31-34,39-40H,5-22,27-30,35-38H2,1-4H3,(H-,48,49,50,51)/p+1. The molecule has 0 aliphatic heterocycles. The van der Waals surface area contributed by atoms with E-state index in [2.05, 4.69) is 27.7 Å². The number of unbranched alkanes of at least 4 members (excludes halogenated alkanes) is 16. The number of aromatic carboxylic acids is 2. The zero-order valence-corrected chi connectivity index (χ0v) is 35.8. The summed E-state index contributed by atoms with van der Waals surface area (Å²) < 4.78 is 1.04. The number of carbonyl (C=O) groups is 2. The molecule has 0 saturated carbocycles. The van der Waals surface area contributed by atoms with Crippen LogP contribution >= 0.6 is 23.5 Å². The Hall–Kier alpha value is -1.96. The van der Waals surface area contributed by atoms with Crippen LogP contribution in [0.4, 0.5) is 0 Å². The second kappa shape index (κ2) is 29.3. The highest BCUT2D eigenvalue weighted by atomic mass is 32.2. The van der Waals surface area contributed by atoms with E-state index in [-0.39, 0.29) is 0 Å². The molecule has 0 bridgehead atoms. The second-order valence-corrected chi connectivity index (χ2v) is 18.2. The minimum Gasteiger partial charge on any atom is -0.478 e. The fourth-order valence-corrected chi connectivity index (χ4v) is 10.6. The average molecular weight is 771 g/mol. The van der Waals surface area contributed by atoms with E-state index in [0.29, 0.717) is 21.6 Å². The number of carboxylic acids is 2. The molecular weight excluding hydrogens is 695 g/mol. The minimum atomic E-state index is -0.849. The molecule has 7 heteroatoms. The molecule has 0 spiro atoms. The van der Waals surface area contributed by atoms with Crippen LogP contribution in [-0.2, 0) is 0 Å². The summed E-state index contributed by atoms with van der Waals surface area (Å²) in [5, 5.41) is 20.9. The first kappa shape index (κ1) is 47.2. The summed E-state index contributed by atoms with van der Waals surface area (Å²) in [5.74, 6) is -1.70. The molecule has 0 aliphatic rings. The molecule has 2 aromatic carbocycles. The Labute approximate surface area is 333 Å². The molecule has 0 aromatic heterocycles. The van der Waals surface area contributed by atoms with Crippen LogP contribution in [0.15, 0.2) is 58.3 Å². The van der Waals surface area contributed by atoms with E-state index in [9.17, 15) is 19.8 Å². The molecule has 0 aliphatic carbocycles. The Morgan fingerprint density at radius 2 is 0.811 bits per heavy atom. The van der Waals surface area contributed by atoms with Crippen molar-refractivity contribution in [3.63, 3.8) is 0 Å². The van der Waals surface area contributed by atoms with Crippen LogP contribution in [0.3, 0.4) is 0 Å². The molecule has 2 rings (SSSR count). The summed E-state index contributed by atoms with van der Waals surface area (Å²) in [4.78, 5) is 26.5. The second-order valence-electron chi connectivity index (χ2n) is 15.5. The highest BCUT2D eigenvalue weighted by Gasteiger charge is 2.35. The molecular formula is C46H76NO4S2+. The number of carboxylic acid groups (broad SMARTS) is 2. The van der Waals surface area contributed by atoms with E-state index in [4.69, 9.17) is 0 Å². The maximum absolute atomic E-state index is 12.4. The van der Waals surface area contributed by atoms with Crippen molar-refractivity contribution < 1.29 is 24.3 Å².